The number of aliphatic carboxylic acids is 1. The average Bonchev–Trinajstić information content (AvgIpc) is 2.78. The number of hydrogen-bond acceptors (Lipinski definition) is 3. The van der Waals surface area contributed by atoms with Gasteiger partial charge in [0.05, 0.1) is 6.54 Å². The fraction of sp³-hybridized carbons (Fsp3) is 0.909. The lowest BCUT2D eigenvalue weighted by Crippen LogP contribution is -2.41. The van der Waals surface area contributed by atoms with Crippen LogP contribution in [0.25, 0.3) is 0 Å². The first-order valence-electron chi connectivity index (χ1n) is 5.94. The standard InChI is InChI=1S/C11H20N2O2/c14-11(15)9-13-7-3-4-10(13)8-12-5-1-2-6-12/h10H,1-9H2,(H,14,15). The third kappa shape index (κ3) is 2.92. The van der Waals surface area contributed by atoms with Gasteiger partial charge in [-0.3, -0.25) is 9.69 Å². The van der Waals surface area contributed by atoms with Crippen molar-refractivity contribution in [2.24, 2.45) is 0 Å². The van der Waals surface area contributed by atoms with Gasteiger partial charge in [0.15, 0.2) is 0 Å². The van der Waals surface area contributed by atoms with Crippen molar-refractivity contribution in [2.75, 3.05) is 32.7 Å². The molecule has 2 saturated heterocycles. The number of nitrogens with zero attached hydrogens (tertiary/aromatic N) is 2. The van der Waals surface area contributed by atoms with Crippen LogP contribution < -0.4 is 0 Å². The first-order chi connectivity index (χ1) is 7.25. The van der Waals surface area contributed by atoms with Crippen LogP contribution in [0.1, 0.15) is 25.7 Å². The van der Waals surface area contributed by atoms with Crippen LogP contribution in [0, 0.1) is 0 Å². The average molecular weight is 212 g/mol. The molecule has 1 N–H and O–H groups in total. The second-order valence-corrected chi connectivity index (χ2v) is 4.67. The maximum Gasteiger partial charge on any atom is 0.317 e. The molecule has 0 aromatic rings. The maximum absolute atomic E-state index is 10.7. The molecule has 0 spiro atoms. The molecule has 0 radical (unpaired) electrons. The van der Waals surface area contributed by atoms with Crippen molar-refractivity contribution in [3.63, 3.8) is 0 Å². The first kappa shape index (κ1) is 10.9. The maximum atomic E-state index is 10.7. The predicted molar refractivity (Wildman–Crippen MR) is 57.9 cm³/mol. The molecule has 2 rings (SSSR count). The molecule has 86 valence electrons. The quantitative estimate of drug-likeness (QED) is 0.742. The number of carbonyl (C=O) groups is 1. The molecule has 0 aliphatic carbocycles. The minimum absolute atomic E-state index is 0.221. The molecule has 15 heavy (non-hydrogen) atoms. The monoisotopic (exact) mass is 212 g/mol. The Morgan fingerprint density at radius 3 is 2.60 bits per heavy atom. The summed E-state index contributed by atoms with van der Waals surface area (Å²) in [6.07, 6.45) is 4.95. The highest BCUT2D eigenvalue weighted by Gasteiger charge is 2.28. The number of rotatable bonds is 4. The largest absolute Gasteiger partial charge is 0.480 e. The molecule has 0 saturated carbocycles. The molecule has 2 heterocycles. The molecule has 1 atom stereocenters. The van der Waals surface area contributed by atoms with Gasteiger partial charge in [0.1, 0.15) is 0 Å². The zero-order valence-corrected chi connectivity index (χ0v) is 9.19. The Hall–Kier alpha value is -0.610. The van der Waals surface area contributed by atoms with Crippen molar-refractivity contribution in [1.29, 1.82) is 0 Å². The van der Waals surface area contributed by atoms with Gasteiger partial charge < -0.3 is 10.0 Å². The zero-order valence-electron chi connectivity index (χ0n) is 9.19. The van der Waals surface area contributed by atoms with E-state index < -0.39 is 5.97 Å². The van der Waals surface area contributed by atoms with Crippen LogP contribution in [0.15, 0.2) is 0 Å². The van der Waals surface area contributed by atoms with E-state index in [0.29, 0.717) is 6.04 Å². The topological polar surface area (TPSA) is 43.8 Å². The van der Waals surface area contributed by atoms with Crippen LogP contribution in [-0.4, -0.2) is 59.6 Å². The van der Waals surface area contributed by atoms with E-state index in [1.54, 1.807) is 0 Å². The summed E-state index contributed by atoms with van der Waals surface area (Å²) in [6.45, 7) is 4.67. The molecule has 0 bridgehead atoms. The fourth-order valence-corrected chi connectivity index (χ4v) is 2.75. The van der Waals surface area contributed by atoms with Gasteiger partial charge in [-0.15, -0.1) is 0 Å². The fourth-order valence-electron chi connectivity index (χ4n) is 2.75. The van der Waals surface area contributed by atoms with Crippen LogP contribution in [0.3, 0.4) is 0 Å². The molecular formula is C11H20N2O2. The van der Waals surface area contributed by atoms with Crippen LogP contribution in [0.4, 0.5) is 0 Å². The Labute approximate surface area is 90.9 Å². The van der Waals surface area contributed by atoms with Gasteiger partial charge >= 0.3 is 5.97 Å². The molecule has 0 aromatic carbocycles. The predicted octanol–water partition coefficient (Wildman–Crippen LogP) is 0.631. The van der Waals surface area contributed by atoms with E-state index in [1.807, 2.05) is 0 Å². The van der Waals surface area contributed by atoms with Crippen molar-refractivity contribution in [2.45, 2.75) is 31.7 Å². The van der Waals surface area contributed by atoms with E-state index in [1.165, 1.54) is 32.4 Å². The van der Waals surface area contributed by atoms with E-state index in [9.17, 15) is 4.79 Å². The summed E-state index contributed by atoms with van der Waals surface area (Å²) < 4.78 is 0. The summed E-state index contributed by atoms with van der Waals surface area (Å²) >= 11 is 0. The third-order valence-corrected chi connectivity index (χ3v) is 3.51. The molecule has 2 fully saturated rings. The number of hydrogen-bond donors (Lipinski definition) is 1. The van der Waals surface area contributed by atoms with E-state index in [4.69, 9.17) is 5.11 Å². The van der Waals surface area contributed by atoms with E-state index in [0.717, 1.165) is 19.5 Å². The zero-order chi connectivity index (χ0) is 10.7. The first-order valence-corrected chi connectivity index (χ1v) is 5.94. The minimum atomic E-state index is -0.691. The van der Waals surface area contributed by atoms with Gasteiger partial charge in [-0.1, -0.05) is 0 Å². The van der Waals surface area contributed by atoms with Crippen molar-refractivity contribution in [3.05, 3.63) is 0 Å². The highest BCUT2D eigenvalue weighted by molar-refractivity contribution is 5.69. The van der Waals surface area contributed by atoms with Gasteiger partial charge in [-0.25, -0.2) is 0 Å². The lowest BCUT2D eigenvalue weighted by Gasteiger charge is -2.27. The Kier molecular flexibility index (Phi) is 3.59. The molecule has 4 nitrogen and oxygen atoms in total. The summed E-state index contributed by atoms with van der Waals surface area (Å²) in [7, 11) is 0. The van der Waals surface area contributed by atoms with Crippen molar-refractivity contribution < 1.29 is 9.90 Å². The van der Waals surface area contributed by atoms with E-state index in [2.05, 4.69) is 9.80 Å². The van der Waals surface area contributed by atoms with Crippen molar-refractivity contribution >= 4 is 5.97 Å². The summed E-state index contributed by atoms with van der Waals surface area (Å²) in [5, 5.41) is 8.80. The highest BCUT2D eigenvalue weighted by atomic mass is 16.4. The van der Waals surface area contributed by atoms with Crippen LogP contribution in [0.5, 0.6) is 0 Å². The van der Waals surface area contributed by atoms with Gasteiger partial charge in [0.2, 0.25) is 0 Å². The normalized spacial score (nSPS) is 28.7. The van der Waals surface area contributed by atoms with E-state index >= 15 is 0 Å². The summed E-state index contributed by atoms with van der Waals surface area (Å²) in [4.78, 5) is 15.3. The van der Waals surface area contributed by atoms with Gasteiger partial charge in [0.25, 0.3) is 0 Å². The van der Waals surface area contributed by atoms with Crippen molar-refractivity contribution in [3.8, 4) is 0 Å². The second-order valence-electron chi connectivity index (χ2n) is 4.67. The van der Waals surface area contributed by atoms with Crippen LogP contribution >= 0.6 is 0 Å². The molecule has 2 aliphatic rings. The summed E-state index contributed by atoms with van der Waals surface area (Å²) in [6, 6.07) is 0.485. The Balaban J connectivity index is 1.81. The molecule has 1 unspecified atom stereocenters. The highest BCUT2D eigenvalue weighted by Crippen LogP contribution is 2.19. The lowest BCUT2D eigenvalue weighted by atomic mass is 10.2. The summed E-state index contributed by atoms with van der Waals surface area (Å²) in [5.41, 5.74) is 0. The van der Waals surface area contributed by atoms with Crippen LogP contribution in [0.2, 0.25) is 0 Å². The number of carboxylic acids is 1. The van der Waals surface area contributed by atoms with Crippen molar-refractivity contribution in [1.82, 2.24) is 9.80 Å². The Morgan fingerprint density at radius 1 is 1.20 bits per heavy atom. The molecule has 0 aromatic heterocycles. The van der Waals surface area contributed by atoms with Gasteiger partial charge in [-0.05, 0) is 45.3 Å². The smallest absolute Gasteiger partial charge is 0.317 e. The van der Waals surface area contributed by atoms with Crippen LogP contribution in [-0.2, 0) is 4.79 Å². The Morgan fingerprint density at radius 2 is 1.93 bits per heavy atom. The number of likely N-dealkylation sites (tertiary alicyclic amines) is 2. The molecule has 0 amide bonds. The van der Waals surface area contributed by atoms with Gasteiger partial charge in [-0.2, -0.15) is 0 Å². The minimum Gasteiger partial charge on any atom is -0.480 e. The van der Waals surface area contributed by atoms with E-state index in [-0.39, 0.29) is 6.54 Å². The number of carboxylic acid groups (broad SMARTS) is 1. The lowest BCUT2D eigenvalue weighted by molar-refractivity contribution is -0.138. The molecular weight excluding hydrogens is 192 g/mol. The summed E-state index contributed by atoms with van der Waals surface area (Å²) in [5.74, 6) is -0.691. The molecule has 4 heteroatoms. The van der Waals surface area contributed by atoms with Gasteiger partial charge in [0, 0.05) is 12.6 Å². The Bertz CT molecular complexity index is 227. The molecule has 2 aliphatic heterocycles. The SMILES string of the molecule is O=C(O)CN1CCCC1CN1CCCC1. The second kappa shape index (κ2) is 4.94. The third-order valence-electron chi connectivity index (χ3n) is 3.51.